The number of aryl methyl sites for hydroxylation is 1. The summed E-state index contributed by atoms with van der Waals surface area (Å²) < 4.78 is 12.6. The number of anilines is 1. The molecule has 17 heteroatoms. The van der Waals surface area contributed by atoms with Gasteiger partial charge >= 0.3 is 0 Å². The van der Waals surface area contributed by atoms with E-state index < -0.39 is 115 Å². The molecule has 1 amide bonds. The number of phenolic OH excluding ortho intramolecular Hbond substituents is 1. The van der Waals surface area contributed by atoms with Crippen LogP contribution >= 0.6 is 21.6 Å². The van der Waals surface area contributed by atoms with Crippen LogP contribution in [0.4, 0.5) is 5.69 Å². The minimum Gasteiger partial charge on any atom is -0.508 e. The number of fused-ring (bicyclic) bond motifs is 3. The number of carbonyl (C=O) groups excluding carboxylic acids is 2. The molecule has 24 atom stereocenters. The van der Waals surface area contributed by atoms with Crippen molar-refractivity contribution in [1.29, 1.82) is 0 Å². The number of nitrogens with zero attached hydrogens (tertiary/aromatic N) is 1. The van der Waals surface area contributed by atoms with Gasteiger partial charge in [-0.15, -0.1) is 0 Å². The number of hydrogen-bond donors (Lipinski definition) is 10. The molecule has 17 rings (SSSR count). The van der Waals surface area contributed by atoms with E-state index in [0.717, 1.165) is 50.5 Å². The third-order valence-electron chi connectivity index (χ3n) is 30.1. The highest BCUT2D eigenvalue weighted by Crippen LogP contribution is 2.82. The van der Waals surface area contributed by atoms with Gasteiger partial charge < -0.3 is 65.6 Å². The van der Waals surface area contributed by atoms with Crippen LogP contribution in [0.3, 0.4) is 0 Å². The van der Waals surface area contributed by atoms with E-state index in [1.165, 1.54) is 21.6 Å². The predicted octanol–water partition coefficient (Wildman–Crippen LogP) is 8.48. The maximum Gasteiger partial charge on any atom is 0.234 e. The molecule has 15 nitrogen and oxygen atoms in total. The zero-order valence-corrected chi connectivity index (χ0v) is 54.9. The number of nitrogens with one attached hydrogen (secondary N) is 1. The van der Waals surface area contributed by atoms with Crippen molar-refractivity contribution in [3.05, 3.63) is 59.7 Å². The van der Waals surface area contributed by atoms with E-state index in [2.05, 4.69) is 50.4 Å². The molecule has 7 saturated carbocycles. The number of epoxide rings is 1. The number of hydrogen-bond acceptors (Lipinski definition) is 16. The first kappa shape index (κ1) is 62.7. The first-order valence-electron chi connectivity index (χ1n) is 34.9. The lowest BCUT2D eigenvalue weighted by Crippen LogP contribution is -2.79. The Labute approximate surface area is 534 Å². The summed E-state index contributed by atoms with van der Waals surface area (Å²) in [6.07, 6.45) is 20.4. The van der Waals surface area contributed by atoms with Crippen LogP contribution in [0.1, 0.15) is 168 Å². The van der Waals surface area contributed by atoms with Crippen LogP contribution in [0, 0.1) is 91.7 Å². The Morgan fingerprint density at radius 3 is 2.36 bits per heavy atom. The minimum atomic E-state index is -2.06. The Kier molecular flexibility index (Phi) is 15.2. The smallest absolute Gasteiger partial charge is 0.234 e. The number of methoxy groups -OCH3 is 1. The van der Waals surface area contributed by atoms with Crippen molar-refractivity contribution in [2.45, 2.75) is 233 Å². The van der Waals surface area contributed by atoms with Gasteiger partial charge in [-0.2, -0.15) is 0 Å². The second-order valence-electron chi connectivity index (χ2n) is 32.5. The van der Waals surface area contributed by atoms with Crippen LogP contribution in [0.25, 0.3) is 0 Å². The molecule has 10 N–H and O–H groups in total. The highest BCUT2D eigenvalue weighted by molar-refractivity contribution is 8.76. The number of aromatic hydroxyl groups is 1. The Balaban J connectivity index is 0.900. The fourth-order valence-electron chi connectivity index (χ4n) is 25.8. The summed E-state index contributed by atoms with van der Waals surface area (Å²) in [5.41, 5.74) is -12.8. The summed E-state index contributed by atoms with van der Waals surface area (Å²) in [6, 6.07) is 5.41. The van der Waals surface area contributed by atoms with Crippen molar-refractivity contribution in [2.75, 3.05) is 37.5 Å². The molecule has 1 aromatic carbocycles. The number of amides is 1. The summed E-state index contributed by atoms with van der Waals surface area (Å²) >= 11 is 0. The molecule has 0 aromatic heterocycles. The van der Waals surface area contributed by atoms with Crippen LogP contribution in [-0.2, 0) is 25.5 Å². The number of piperidine rings is 1. The SMILES string of the molecule is COC1C=CC2CC(C3CCC4(CN5C(=O)C46C(CO)CCCC6CSSC(O)C46CC(O)C(O)(CO)C7(CCCC7)C4(C)C4CC7C=CCC(O)(C8OC8C(C)C(C)C)C8CCC(O)(C4=CC6=O)C78CCc4cc(O)cc5c4)C3O)NC3(CCCC3)C2C1. The number of ketones is 1. The van der Waals surface area contributed by atoms with E-state index in [4.69, 9.17) is 9.47 Å². The fourth-order valence-corrected chi connectivity index (χ4v) is 28.8. The molecular weight excluding hydrogens is 1160 g/mol. The quantitative estimate of drug-likeness (QED) is 0.0698. The normalized spacial score (nSPS) is 50.4. The number of carbonyl (C=O) groups is 2. The molecule has 89 heavy (non-hydrogen) atoms. The Hall–Kier alpha value is -2.36. The lowest BCUT2D eigenvalue weighted by Gasteiger charge is -2.74. The average Bonchev–Trinajstić information content (AvgIpc) is 1.62. The third kappa shape index (κ3) is 7.94. The van der Waals surface area contributed by atoms with Crippen molar-refractivity contribution in [2.24, 2.45) is 91.7 Å². The monoisotopic (exact) mass is 1270 g/mol. The van der Waals surface area contributed by atoms with Gasteiger partial charge in [0.15, 0.2) is 5.78 Å². The molecule has 3 saturated heterocycles. The van der Waals surface area contributed by atoms with E-state index in [9.17, 15) is 46.0 Å². The summed E-state index contributed by atoms with van der Waals surface area (Å²) in [4.78, 5) is 35.2. The number of phenols is 1. The zero-order valence-electron chi connectivity index (χ0n) is 53.2. The number of aliphatic hydroxyl groups excluding tert-OH is 5. The predicted molar refractivity (Wildman–Crippen MR) is 341 cm³/mol. The lowest BCUT2D eigenvalue weighted by atomic mass is 9.31. The van der Waals surface area contributed by atoms with Gasteiger partial charge in [0.05, 0.1) is 47.5 Å². The molecule has 6 heterocycles. The van der Waals surface area contributed by atoms with Crippen molar-refractivity contribution in [3.63, 3.8) is 0 Å². The summed E-state index contributed by atoms with van der Waals surface area (Å²) in [7, 11) is 4.38. The topological polar surface area (TPSA) is 253 Å². The first-order valence-corrected chi connectivity index (χ1v) is 37.3. The van der Waals surface area contributed by atoms with E-state index in [1.807, 2.05) is 17.9 Å². The number of rotatable bonds is 7. The summed E-state index contributed by atoms with van der Waals surface area (Å²) in [5, 5.41) is 122. The largest absolute Gasteiger partial charge is 0.508 e. The first-order chi connectivity index (χ1) is 42.5. The molecule has 6 aliphatic heterocycles. The van der Waals surface area contributed by atoms with Crippen molar-refractivity contribution in [3.8, 4) is 5.75 Å². The van der Waals surface area contributed by atoms with E-state index in [-0.39, 0.29) is 79.2 Å². The van der Waals surface area contributed by atoms with Crippen LogP contribution in [-0.4, -0.2) is 155 Å². The second kappa shape index (κ2) is 21.6. The molecule has 490 valence electrons. The van der Waals surface area contributed by atoms with Gasteiger partial charge in [-0.05, 0) is 191 Å². The standard InChI is InChI=1S/C72H102N2O13S2/c1-40(2)41(3)58-60(87-58)69(83)24-11-14-44-31-52-53-34-56(78)68(35-57(79)71(85,39-76)66(63(52,68)4)22-8-9-23-66)62(82)89-88-37-46-13-10-12-45(36-75)72(46)61(81)74(47-28-42(29-48(77)32-47)17-26-67(44)55(69)19-27-70(53,67)84)38-64(72)25-18-50(59(64)80)54-30-43-15-16-49(86-5)33-51(43)65(73-54)20-6-7-21-65/h11,14-16,28-29,32,34,40-41,43-46,49-52,54-55,57-60,62,73,75-77,79-80,82-85H,6-10,12-13,17-27,30-31,33,35-39H2,1-5H3. The highest BCUT2D eigenvalue weighted by Gasteiger charge is 2.84. The van der Waals surface area contributed by atoms with E-state index in [1.54, 1.807) is 25.3 Å². The van der Waals surface area contributed by atoms with Crippen LogP contribution in [0.2, 0.25) is 0 Å². The molecule has 0 radical (unpaired) electrons. The number of ether oxygens (including phenoxy) is 2. The summed E-state index contributed by atoms with van der Waals surface area (Å²) in [6.45, 7) is 7.70. The number of aliphatic hydroxyl groups is 8. The molecule has 8 bridgehead atoms. The van der Waals surface area contributed by atoms with Gasteiger partial charge in [-0.1, -0.05) is 106 Å². The second-order valence-corrected chi connectivity index (χ2v) is 35.0. The molecule has 16 aliphatic rings. The molecule has 24 unspecified atom stereocenters. The number of benzene rings is 1. The van der Waals surface area contributed by atoms with Crippen LogP contribution in [0.5, 0.6) is 5.75 Å². The zero-order chi connectivity index (χ0) is 62.4. The maximum absolute atomic E-state index is 16.9. The van der Waals surface area contributed by atoms with Gasteiger partial charge in [0, 0.05) is 77.4 Å². The minimum absolute atomic E-state index is 0.0221. The van der Waals surface area contributed by atoms with E-state index >= 15 is 9.59 Å². The third-order valence-corrected chi connectivity index (χ3v) is 32.7. The van der Waals surface area contributed by atoms with Crippen LogP contribution < -0.4 is 10.2 Å². The van der Waals surface area contributed by atoms with Gasteiger partial charge in [0.2, 0.25) is 5.91 Å². The van der Waals surface area contributed by atoms with Gasteiger partial charge in [-0.25, -0.2) is 0 Å². The van der Waals surface area contributed by atoms with Gasteiger partial charge in [-0.3, -0.25) is 9.59 Å². The Morgan fingerprint density at radius 2 is 1.63 bits per heavy atom. The Bertz CT molecular complexity index is 3080. The van der Waals surface area contributed by atoms with Crippen molar-refractivity contribution < 1.29 is 65.0 Å². The fraction of sp³-hybridized carbons (Fsp3) is 0.806. The molecule has 10 aliphatic carbocycles. The van der Waals surface area contributed by atoms with Gasteiger partial charge in [0.1, 0.15) is 28.5 Å². The van der Waals surface area contributed by atoms with Crippen molar-refractivity contribution in [1.82, 2.24) is 5.32 Å². The van der Waals surface area contributed by atoms with E-state index in [0.29, 0.717) is 112 Å². The van der Waals surface area contributed by atoms with Crippen molar-refractivity contribution >= 4 is 39.0 Å². The Morgan fingerprint density at radius 1 is 0.865 bits per heavy atom. The average molecular weight is 1270 g/mol. The lowest BCUT2D eigenvalue weighted by molar-refractivity contribution is -0.309. The van der Waals surface area contributed by atoms with Gasteiger partial charge in [0.25, 0.3) is 0 Å². The highest BCUT2D eigenvalue weighted by atomic mass is 33.1. The maximum atomic E-state index is 16.9. The molecule has 6 spiro atoms. The summed E-state index contributed by atoms with van der Waals surface area (Å²) in [5.74, 6) is -1.83. The molecular formula is C72H102N2O13S2. The molecule has 10 fully saturated rings. The number of allylic oxidation sites excluding steroid dienone is 3. The molecule has 1 aromatic rings. The van der Waals surface area contributed by atoms with Crippen LogP contribution in [0.15, 0.2) is 54.2 Å².